The third-order valence-electron chi connectivity index (χ3n) is 3.24. The predicted molar refractivity (Wildman–Crippen MR) is 88.4 cm³/mol. The summed E-state index contributed by atoms with van der Waals surface area (Å²) in [5.74, 6) is 0.256. The lowest BCUT2D eigenvalue weighted by atomic mass is 10.0. The molecule has 0 aliphatic heterocycles. The van der Waals surface area contributed by atoms with E-state index in [0.29, 0.717) is 12.8 Å². The van der Waals surface area contributed by atoms with E-state index >= 15 is 0 Å². The highest BCUT2D eigenvalue weighted by Gasteiger charge is 2.09. The number of rotatable bonds is 4. The van der Waals surface area contributed by atoms with E-state index in [4.69, 9.17) is 0 Å². The monoisotopic (exact) mass is 344 g/mol. The van der Waals surface area contributed by atoms with Crippen molar-refractivity contribution < 1.29 is 4.79 Å². The molecule has 0 amide bonds. The maximum Gasteiger partial charge on any atom is 0.141 e. The molecule has 1 heterocycles. The third-order valence-corrected chi connectivity index (χ3v) is 4.74. The van der Waals surface area contributed by atoms with Crippen molar-refractivity contribution in [3.63, 3.8) is 0 Å². The molecule has 0 N–H and O–H groups in total. The Morgan fingerprint density at radius 1 is 1.05 bits per heavy atom. The highest BCUT2D eigenvalue weighted by atomic mass is 79.9. The molecule has 0 saturated carbocycles. The van der Waals surface area contributed by atoms with Gasteiger partial charge in [0.25, 0.3) is 0 Å². The van der Waals surface area contributed by atoms with Crippen molar-refractivity contribution >= 4 is 43.1 Å². The molecule has 0 radical (unpaired) electrons. The minimum absolute atomic E-state index is 0.256. The lowest BCUT2D eigenvalue weighted by Crippen LogP contribution is -2.06. The van der Waals surface area contributed by atoms with E-state index in [1.165, 1.54) is 10.1 Å². The molecule has 0 unspecified atom stereocenters. The Bertz CT molecular complexity index is 760. The number of carbonyl (C=O) groups is 1. The van der Waals surface area contributed by atoms with Crippen LogP contribution in [-0.2, 0) is 17.6 Å². The van der Waals surface area contributed by atoms with Crippen LogP contribution in [0.25, 0.3) is 10.1 Å². The molecule has 100 valence electrons. The van der Waals surface area contributed by atoms with Crippen LogP contribution in [0.15, 0.2) is 58.4 Å². The Morgan fingerprint density at radius 2 is 1.90 bits per heavy atom. The smallest absolute Gasteiger partial charge is 0.141 e. The number of ketones is 1. The molecular weight excluding hydrogens is 332 g/mol. The average Bonchev–Trinajstić information content (AvgIpc) is 2.82. The normalized spacial score (nSPS) is 10.8. The summed E-state index contributed by atoms with van der Waals surface area (Å²) in [5.41, 5.74) is 2.20. The van der Waals surface area contributed by atoms with Gasteiger partial charge in [-0.15, -0.1) is 11.3 Å². The summed E-state index contributed by atoms with van der Waals surface area (Å²) in [6.45, 7) is 0. The van der Waals surface area contributed by atoms with Gasteiger partial charge in [-0.3, -0.25) is 4.79 Å². The van der Waals surface area contributed by atoms with E-state index in [2.05, 4.69) is 33.4 Å². The van der Waals surface area contributed by atoms with E-state index in [9.17, 15) is 4.79 Å². The number of fused-ring (bicyclic) bond motifs is 1. The molecule has 1 aromatic heterocycles. The van der Waals surface area contributed by atoms with Crippen molar-refractivity contribution in [3.8, 4) is 0 Å². The lowest BCUT2D eigenvalue weighted by Gasteiger charge is -2.02. The zero-order valence-corrected chi connectivity index (χ0v) is 13.2. The summed E-state index contributed by atoms with van der Waals surface area (Å²) in [6.07, 6.45) is 1.00. The molecule has 3 aromatic rings. The number of halogens is 1. The van der Waals surface area contributed by atoms with Crippen molar-refractivity contribution in [1.82, 2.24) is 0 Å². The first-order valence-corrected chi connectivity index (χ1v) is 8.11. The van der Waals surface area contributed by atoms with Crippen LogP contribution >= 0.6 is 27.3 Å². The Morgan fingerprint density at radius 3 is 2.75 bits per heavy atom. The molecule has 2 aromatic carbocycles. The van der Waals surface area contributed by atoms with Gasteiger partial charge in [0.15, 0.2) is 0 Å². The first-order valence-electron chi connectivity index (χ1n) is 6.43. The summed E-state index contributed by atoms with van der Waals surface area (Å²) in [6, 6.07) is 16.2. The third kappa shape index (κ3) is 3.00. The minimum atomic E-state index is 0.256. The van der Waals surface area contributed by atoms with Gasteiger partial charge in [-0.1, -0.05) is 46.3 Å². The SMILES string of the molecule is O=C(Cc1cccc(Br)c1)Cc1csc2ccccc12. The Kier molecular flexibility index (Phi) is 3.99. The molecule has 0 bridgehead atoms. The largest absolute Gasteiger partial charge is 0.299 e. The van der Waals surface area contributed by atoms with Crippen LogP contribution in [0.5, 0.6) is 0 Å². The molecule has 0 saturated heterocycles. The highest BCUT2D eigenvalue weighted by molar-refractivity contribution is 9.10. The fourth-order valence-electron chi connectivity index (χ4n) is 2.32. The maximum atomic E-state index is 12.2. The van der Waals surface area contributed by atoms with Gasteiger partial charge in [0.2, 0.25) is 0 Å². The molecule has 0 atom stereocenters. The second-order valence-corrected chi connectivity index (χ2v) is 6.61. The summed E-state index contributed by atoms with van der Waals surface area (Å²) >= 11 is 5.14. The molecule has 0 aliphatic rings. The van der Waals surface area contributed by atoms with Gasteiger partial charge < -0.3 is 0 Å². The van der Waals surface area contributed by atoms with E-state index in [1.54, 1.807) is 11.3 Å². The van der Waals surface area contributed by atoms with Crippen molar-refractivity contribution in [2.24, 2.45) is 0 Å². The first-order chi connectivity index (χ1) is 9.72. The fourth-order valence-corrected chi connectivity index (χ4v) is 3.73. The van der Waals surface area contributed by atoms with Gasteiger partial charge in [0, 0.05) is 22.0 Å². The molecule has 0 fully saturated rings. The predicted octanol–water partition coefficient (Wildman–Crippen LogP) is 5.02. The number of carbonyl (C=O) groups excluding carboxylic acids is 1. The molecule has 3 heteroatoms. The van der Waals surface area contributed by atoms with Gasteiger partial charge in [-0.05, 0) is 40.1 Å². The van der Waals surface area contributed by atoms with Crippen LogP contribution in [0.1, 0.15) is 11.1 Å². The summed E-state index contributed by atoms with van der Waals surface area (Å²) in [5, 5.41) is 3.31. The van der Waals surface area contributed by atoms with Crippen molar-refractivity contribution in [1.29, 1.82) is 0 Å². The van der Waals surface area contributed by atoms with E-state index < -0.39 is 0 Å². The maximum absolute atomic E-state index is 12.2. The number of benzene rings is 2. The Hall–Kier alpha value is -1.45. The second kappa shape index (κ2) is 5.90. The molecular formula is C17H13BrOS. The van der Waals surface area contributed by atoms with E-state index in [0.717, 1.165) is 15.6 Å². The molecule has 20 heavy (non-hydrogen) atoms. The number of Topliss-reactive ketones (excluding diaryl/α,β-unsaturated/α-hetero) is 1. The Labute approximate surface area is 130 Å². The quantitative estimate of drug-likeness (QED) is 0.649. The van der Waals surface area contributed by atoms with E-state index in [1.807, 2.05) is 36.4 Å². The highest BCUT2D eigenvalue weighted by Crippen LogP contribution is 2.26. The molecule has 1 nitrogen and oxygen atoms in total. The van der Waals surface area contributed by atoms with Crippen molar-refractivity contribution in [2.45, 2.75) is 12.8 Å². The summed E-state index contributed by atoms with van der Waals surface area (Å²) in [4.78, 5) is 12.2. The zero-order chi connectivity index (χ0) is 13.9. The topological polar surface area (TPSA) is 17.1 Å². The van der Waals surface area contributed by atoms with Crippen molar-refractivity contribution in [2.75, 3.05) is 0 Å². The van der Waals surface area contributed by atoms with Crippen LogP contribution in [0.4, 0.5) is 0 Å². The fraction of sp³-hybridized carbons (Fsp3) is 0.118. The second-order valence-electron chi connectivity index (χ2n) is 4.78. The van der Waals surface area contributed by atoms with Gasteiger partial charge in [0.1, 0.15) is 5.78 Å². The lowest BCUT2D eigenvalue weighted by molar-refractivity contribution is -0.117. The minimum Gasteiger partial charge on any atom is -0.299 e. The zero-order valence-electron chi connectivity index (χ0n) is 10.8. The summed E-state index contributed by atoms with van der Waals surface area (Å²) in [7, 11) is 0. The molecule has 0 spiro atoms. The number of hydrogen-bond acceptors (Lipinski definition) is 2. The first kappa shape index (κ1) is 13.5. The van der Waals surface area contributed by atoms with E-state index in [-0.39, 0.29) is 5.78 Å². The van der Waals surface area contributed by atoms with Crippen molar-refractivity contribution in [3.05, 3.63) is 69.5 Å². The number of thiophene rings is 1. The standard InChI is InChI=1S/C17H13BrOS/c18-14-5-3-4-12(8-14)9-15(19)10-13-11-20-17-7-2-1-6-16(13)17/h1-8,11H,9-10H2. The average molecular weight is 345 g/mol. The van der Waals surface area contributed by atoms with Crippen LogP contribution in [0, 0.1) is 0 Å². The van der Waals surface area contributed by atoms with Gasteiger partial charge >= 0.3 is 0 Å². The molecule has 3 rings (SSSR count). The number of hydrogen-bond donors (Lipinski definition) is 0. The molecule has 0 aliphatic carbocycles. The van der Waals surface area contributed by atoms with Crippen LogP contribution in [-0.4, -0.2) is 5.78 Å². The summed E-state index contributed by atoms with van der Waals surface area (Å²) < 4.78 is 2.27. The van der Waals surface area contributed by atoms with Crippen LogP contribution in [0.2, 0.25) is 0 Å². The van der Waals surface area contributed by atoms with Gasteiger partial charge in [0.05, 0.1) is 0 Å². The van der Waals surface area contributed by atoms with Crippen LogP contribution < -0.4 is 0 Å². The van der Waals surface area contributed by atoms with Crippen LogP contribution in [0.3, 0.4) is 0 Å². The van der Waals surface area contributed by atoms with Gasteiger partial charge in [-0.25, -0.2) is 0 Å². The Balaban J connectivity index is 1.76. The van der Waals surface area contributed by atoms with Gasteiger partial charge in [-0.2, -0.15) is 0 Å².